The highest BCUT2D eigenvalue weighted by Crippen LogP contribution is 2.33. The number of carbonyl (C=O) groups is 2. The van der Waals surface area contributed by atoms with Crippen molar-refractivity contribution in [3.05, 3.63) is 64.5 Å². The predicted octanol–water partition coefficient (Wildman–Crippen LogP) is 4.14. The van der Waals surface area contributed by atoms with Crippen molar-refractivity contribution >= 4 is 28.8 Å². The van der Waals surface area contributed by atoms with Crippen molar-refractivity contribution < 1.29 is 18.7 Å². The van der Waals surface area contributed by atoms with Gasteiger partial charge in [0.05, 0.1) is 7.11 Å². The van der Waals surface area contributed by atoms with Crippen molar-refractivity contribution in [2.24, 2.45) is 0 Å². The summed E-state index contributed by atoms with van der Waals surface area (Å²) >= 11 is 1.43. The number of anilines is 1. The van der Waals surface area contributed by atoms with Gasteiger partial charge >= 0.3 is 0 Å². The Morgan fingerprint density at radius 1 is 1.19 bits per heavy atom. The lowest BCUT2D eigenvalue weighted by Crippen LogP contribution is -2.47. The Morgan fingerprint density at radius 3 is 2.62 bits per heavy atom. The Hall–Kier alpha value is -3.99. The summed E-state index contributed by atoms with van der Waals surface area (Å²) in [6.45, 7) is 1.61. The molecule has 1 fully saturated rings. The van der Waals surface area contributed by atoms with E-state index in [4.69, 9.17) is 9.15 Å². The van der Waals surface area contributed by atoms with E-state index in [9.17, 15) is 9.59 Å². The van der Waals surface area contributed by atoms with Crippen LogP contribution in [-0.2, 0) is 16.1 Å². The van der Waals surface area contributed by atoms with Gasteiger partial charge in [0.1, 0.15) is 24.1 Å². The van der Waals surface area contributed by atoms with Gasteiger partial charge < -0.3 is 14.5 Å². The molecule has 0 aliphatic heterocycles. The van der Waals surface area contributed by atoms with E-state index in [0.717, 1.165) is 36.3 Å². The number of ether oxygens (including phenoxy) is 1. The number of aryl methyl sites for hydroxylation is 1. The zero-order chi connectivity index (χ0) is 25.8. The third-order valence-corrected chi connectivity index (χ3v) is 7.26. The average Bonchev–Trinajstić information content (AvgIpc) is 3.71. The zero-order valence-electron chi connectivity index (χ0n) is 20.7. The van der Waals surface area contributed by atoms with E-state index < -0.39 is 6.04 Å². The minimum absolute atomic E-state index is 0.110. The van der Waals surface area contributed by atoms with Crippen LogP contribution in [0.25, 0.3) is 11.6 Å². The fourth-order valence-electron chi connectivity index (χ4n) is 4.51. The Morgan fingerprint density at radius 2 is 1.97 bits per heavy atom. The lowest BCUT2D eigenvalue weighted by Gasteiger charge is -2.31. The van der Waals surface area contributed by atoms with E-state index in [0.29, 0.717) is 17.2 Å². The zero-order valence-corrected chi connectivity index (χ0v) is 21.5. The van der Waals surface area contributed by atoms with Crippen LogP contribution in [0.3, 0.4) is 0 Å². The third kappa shape index (κ3) is 5.56. The normalized spacial score (nSPS) is 14.4. The smallest absolute Gasteiger partial charge is 0.251 e. The molecule has 37 heavy (non-hydrogen) atoms. The van der Waals surface area contributed by atoms with Gasteiger partial charge in [-0.15, -0.1) is 21.5 Å². The second kappa shape index (κ2) is 11.0. The van der Waals surface area contributed by atoms with Crippen LogP contribution >= 0.6 is 11.3 Å². The van der Waals surface area contributed by atoms with E-state index in [2.05, 4.69) is 20.7 Å². The lowest BCUT2D eigenvalue weighted by molar-refractivity contribution is -0.127. The second-order valence-electron chi connectivity index (χ2n) is 8.92. The lowest BCUT2D eigenvalue weighted by atomic mass is 10.1. The first-order valence-electron chi connectivity index (χ1n) is 12.2. The molecule has 5 rings (SSSR count). The molecule has 1 aliphatic carbocycles. The van der Waals surface area contributed by atoms with E-state index in [1.807, 2.05) is 24.4 Å². The summed E-state index contributed by atoms with van der Waals surface area (Å²) in [7, 11) is 1.58. The first-order chi connectivity index (χ1) is 18.0. The quantitative estimate of drug-likeness (QED) is 0.353. The summed E-state index contributed by atoms with van der Waals surface area (Å²) in [6, 6.07) is 13.6. The summed E-state index contributed by atoms with van der Waals surface area (Å²) in [6.07, 6.45) is 4.06. The fraction of sp³-hybridized carbons (Fsp3) is 0.346. The van der Waals surface area contributed by atoms with Crippen LogP contribution in [-0.4, -0.2) is 45.2 Å². The van der Waals surface area contributed by atoms with Gasteiger partial charge in [-0.3, -0.25) is 14.5 Å². The molecule has 0 bridgehead atoms. The van der Waals surface area contributed by atoms with Gasteiger partial charge in [-0.1, -0.05) is 18.9 Å². The standard InChI is InChI=1S/C26H28N6O4S/c1-17-9-14-21(36-17)25-28-30-31(29-25)16-23(33)32(19-10-12-20(35-2)13-11-19)24(22-8-5-15-37-22)26(34)27-18-6-3-4-7-18/h5,8-15,18,24H,3-4,6-7,16H2,1-2H3,(H,27,34)/t24-/m1/s1. The molecule has 192 valence electrons. The minimum Gasteiger partial charge on any atom is -0.497 e. The molecular formula is C26H28N6O4S. The van der Waals surface area contributed by atoms with Crippen LogP contribution in [0.4, 0.5) is 5.69 Å². The van der Waals surface area contributed by atoms with Crippen molar-refractivity contribution in [1.82, 2.24) is 25.5 Å². The van der Waals surface area contributed by atoms with Crippen LogP contribution in [0, 0.1) is 6.92 Å². The Balaban J connectivity index is 1.47. The number of benzene rings is 1. The molecule has 11 heteroatoms. The minimum atomic E-state index is -0.850. The van der Waals surface area contributed by atoms with E-state index in [1.165, 1.54) is 21.0 Å². The summed E-state index contributed by atoms with van der Waals surface area (Å²) < 4.78 is 10.9. The number of rotatable bonds is 9. The van der Waals surface area contributed by atoms with E-state index in [-0.39, 0.29) is 30.2 Å². The summed E-state index contributed by atoms with van der Waals surface area (Å²) in [5.74, 6) is 1.55. The molecule has 1 N–H and O–H groups in total. The summed E-state index contributed by atoms with van der Waals surface area (Å²) in [4.78, 5) is 31.0. The first-order valence-corrected chi connectivity index (χ1v) is 13.0. The number of aromatic nitrogens is 4. The van der Waals surface area contributed by atoms with Crippen LogP contribution in [0.2, 0.25) is 0 Å². The topological polar surface area (TPSA) is 115 Å². The number of amides is 2. The molecular weight excluding hydrogens is 492 g/mol. The van der Waals surface area contributed by atoms with Gasteiger partial charge in [-0.05, 0) is 72.8 Å². The number of furan rings is 1. The molecule has 1 aromatic carbocycles. The Bertz CT molecular complexity index is 1340. The molecule has 0 radical (unpaired) electrons. The van der Waals surface area contributed by atoms with Crippen molar-refractivity contribution in [3.63, 3.8) is 0 Å². The fourth-order valence-corrected chi connectivity index (χ4v) is 5.32. The molecule has 1 aliphatic rings. The highest BCUT2D eigenvalue weighted by molar-refractivity contribution is 7.10. The molecule has 3 aromatic heterocycles. The highest BCUT2D eigenvalue weighted by atomic mass is 32.1. The molecule has 10 nitrogen and oxygen atoms in total. The number of carbonyl (C=O) groups excluding carboxylic acids is 2. The molecule has 0 spiro atoms. The number of nitrogens with one attached hydrogen (secondary N) is 1. The van der Waals surface area contributed by atoms with Gasteiger partial charge in [-0.2, -0.15) is 4.80 Å². The molecule has 0 unspecified atom stereocenters. The van der Waals surface area contributed by atoms with Crippen molar-refractivity contribution in [2.75, 3.05) is 12.0 Å². The van der Waals surface area contributed by atoms with Crippen molar-refractivity contribution in [1.29, 1.82) is 0 Å². The van der Waals surface area contributed by atoms with Crippen molar-refractivity contribution in [3.8, 4) is 17.3 Å². The van der Waals surface area contributed by atoms with Crippen LogP contribution in [0.5, 0.6) is 5.75 Å². The number of hydrogen-bond acceptors (Lipinski definition) is 8. The maximum atomic E-state index is 13.9. The Labute approximate surface area is 218 Å². The van der Waals surface area contributed by atoms with Crippen LogP contribution < -0.4 is 15.0 Å². The molecule has 3 heterocycles. The molecule has 0 saturated heterocycles. The maximum Gasteiger partial charge on any atom is 0.251 e. The molecule has 4 aromatic rings. The van der Waals surface area contributed by atoms with Crippen LogP contribution in [0.1, 0.15) is 42.4 Å². The van der Waals surface area contributed by atoms with Gasteiger partial charge in [0, 0.05) is 16.6 Å². The molecule has 2 amide bonds. The van der Waals surface area contributed by atoms with Gasteiger partial charge in [-0.25, -0.2) is 0 Å². The molecule has 1 atom stereocenters. The third-order valence-electron chi connectivity index (χ3n) is 6.33. The van der Waals surface area contributed by atoms with E-state index in [1.54, 1.807) is 43.5 Å². The number of thiophene rings is 1. The number of methoxy groups -OCH3 is 1. The monoisotopic (exact) mass is 520 g/mol. The summed E-state index contributed by atoms with van der Waals surface area (Å²) in [5.41, 5.74) is 0.563. The Kier molecular flexibility index (Phi) is 7.31. The van der Waals surface area contributed by atoms with Crippen molar-refractivity contribution in [2.45, 2.75) is 51.2 Å². The molecule has 1 saturated carbocycles. The van der Waals surface area contributed by atoms with Crippen LogP contribution in [0.15, 0.2) is 58.3 Å². The second-order valence-corrected chi connectivity index (χ2v) is 9.90. The highest BCUT2D eigenvalue weighted by Gasteiger charge is 2.35. The number of tetrazole rings is 1. The average molecular weight is 521 g/mol. The van der Waals surface area contributed by atoms with E-state index >= 15 is 0 Å². The maximum absolute atomic E-state index is 13.9. The van der Waals surface area contributed by atoms with Gasteiger partial charge in [0.2, 0.25) is 11.7 Å². The van der Waals surface area contributed by atoms with Gasteiger partial charge in [0.25, 0.3) is 5.91 Å². The summed E-state index contributed by atoms with van der Waals surface area (Å²) in [5, 5.41) is 17.5. The largest absolute Gasteiger partial charge is 0.497 e. The predicted molar refractivity (Wildman–Crippen MR) is 138 cm³/mol. The number of nitrogens with zero attached hydrogens (tertiary/aromatic N) is 5. The number of hydrogen-bond donors (Lipinski definition) is 1. The SMILES string of the molecule is COc1ccc(N(C(=O)Cn2nnc(-c3ccc(C)o3)n2)[C@@H](C(=O)NC2CCCC2)c2cccs2)cc1. The van der Waals surface area contributed by atoms with Gasteiger partial charge in [0.15, 0.2) is 5.76 Å². The first kappa shape index (κ1) is 24.7.